The topological polar surface area (TPSA) is 65.5 Å². The number of hydrogen-bond acceptors (Lipinski definition) is 4. The highest BCUT2D eigenvalue weighted by molar-refractivity contribution is 7.13. The first-order valence-electron chi connectivity index (χ1n) is 7.84. The van der Waals surface area contributed by atoms with Crippen LogP contribution in [0.25, 0.3) is 10.6 Å². The summed E-state index contributed by atoms with van der Waals surface area (Å²) in [4.78, 5) is 18.4. The van der Waals surface area contributed by atoms with Crippen LogP contribution in [-0.2, 0) is 6.54 Å². The summed E-state index contributed by atoms with van der Waals surface area (Å²) in [5, 5.41) is 15.7. The number of aliphatic hydroxyl groups is 1. The van der Waals surface area contributed by atoms with E-state index < -0.39 is 6.10 Å². The lowest BCUT2D eigenvalue weighted by Gasteiger charge is -2.34. The Kier molecular flexibility index (Phi) is 4.93. The predicted octanol–water partition coefficient (Wildman–Crippen LogP) is 2.72. The quantitative estimate of drug-likeness (QED) is 0.909. The highest BCUT2D eigenvalue weighted by atomic mass is 32.1. The Morgan fingerprint density at radius 2 is 2.22 bits per heavy atom. The summed E-state index contributed by atoms with van der Waals surface area (Å²) in [6, 6.07) is 9.87. The molecule has 2 N–H and O–H groups in total. The second-order valence-corrected chi connectivity index (χ2v) is 6.81. The lowest BCUT2D eigenvalue weighted by atomic mass is 9.96. The first kappa shape index (κ1) is 16.0. The van der Waals surface area contributed by atoms with E-state index in [0.717, 1.165) is 22.7 Å². The van der Waals surface area contributed by atoms with Gasteiger partial charge in [-0.05, 0) is 12.3 Å². The van der Waals surface area contributed by atoms with Crippen LogP contribution >= 0.6 is 11.3 Å². The second kappa shape index (κ2) is 7.10. The molecular formula is C17H21N3O2S. The van der Waals surface area contributed by atoms with E-state index >= 15 is 0 Å². The van der Waals surface area contributed by atoms with Gasteiger partial charge in [-0.2, -0.15) is 0 Å². The minimum absolute atomic E-state index is 0.134. The third kappa shape index (κ3) is 3.89. The van der Waals surface area contributed by atoms with Crippen LogP contribution in [0.4, 0.5) is 4.79 Å². The Morgan fingerprint density at radius 1 is 1.43 bits per heavy atom. The number of nitrogens with zero attached hydrogens (tertiary/aromatic N) is 2. The number of nitrogens with one attached hydrogen (secondary N) is 1. The molecule has 2 unspecified atom stereocenters. The van der Waals surface area contributed by atoms with Gasteiger partial charge >= 0.3 is 6.03 Å². The molecule has 2 amide bonds. The predicted molar refractivity (Wildman–Crippen MR) is 91.1 cm³/mol. The maximum Gasteiger partial charge on any atom is 0.317 e. The molecule has 5 nitrogen and oxygen atoms in total. The van der Waals surface area contributed by atoms with Gasteiger partial charge in [0.05, 0.1) is 18.3 Å². The molecule has 0 spiro atoms. The van der Waals surface area contributed by atoms with Gasteiger partial charge in [-0.3, -0.25) is 0 Å². The van der Waals surface area contributed by atoms with Crippen molar-refractivity contribution in [1.82, 2.24) is 15.2 Å². The molecule has 1 saturated heterocycles. The standard InChI is InChI=1S/C17H21N3O2S/c1-12-7-8-20(10-15(12)21)17(22)18-9-14-11-23-16(19-14)13-5-3-2-4-6-13/h2-6,11-12,15,21H,7-10H2,1H3,(H,18,22). The highest BCUT2D eigenvalue weighted by Crippen LogP contribution is 2.23. The Morgan fingerprint density at radius 3 is 2.96 bits per heavy atom. The Balaban J connectivity index is 1.55. The van der Waals surface area contributed by atoms with E-state index in [4.69, 9.17) is 0 Å². The molecule has 2 aromatic rings. The van der Waals surface area contributed by atoms with E-state index in [2.05, 4.69) is 10.3 Å². The molecule has 23 heavy (non-hydrogen) atoms. The van der Waals surface area contributed by atoms with E-state index in [1.807, 2.05) is 42.6 Å². The van der Waals surface area contributed by atoms with Crippen LogP contribution in [-0.4, -0.2) is 40.2 Å². The first-order valence-corrected chi connectivity index (χ1v) is 8.72. The van der Waals surface area contributed by atoms with Crippen molar-refractivity contribution in [1.29, 1.82) is 0 Å². The molecule has 122 valence electrons. The van der Waals surface area contributed by atoms with Crippen LogP contribution in [0.2, 0.25) is 0 Å². The zero-order chi connectivity index (χ0) is 16.2. The number of benzene rings is 1. The number of likely N-dealkylation sites (tertiary alicyclic amines) is 1. The van der Waals surface area contributed by atoms with Gasteiger partial charge in [0.25, 0.3) is 0 Å². The average molecular weight is 331 g/mol. The third-order valence-electron chi connectivity index (χ3n) is 4.20. The second-order valence-electron chi connectivity index (χ2n) is 5.95. The highest BCUT2D eigenvalue weighted by Gasteiger charge is 2.27. The van der Waals surface area contributed by atoms with Gasteiger partial charge in [0.15, 0.2) is 0 Å². The van der Waals surface area contributed by atoms with Crippen LogP contribution in [0.15, 0.2) is 35.7 Å². The lowest BCUT2D eigenvalue weighted by Crippen LogP contribution is -2.49. The van der Waals surface area contributed by atoms with Gasteiger partial charge in [-0.1, -0.05) is 37.3 Å². The van der Waals surface area contributed by atoms with E-state index in [9.17, 15) is 9.90 Å². The summed E-state index contributed by atoms with van der Waals surface area (Å²) >= 11 is 1.57. The number of carbonyl (C=O) groups excluding carboxylic acids is 1. The minimum atomic E-state index is -0.432. The van der Waals surface area contributed by atoms with Gasteiger partial charge in [0.2, 0.25) is 0 Å². The number of aromatic nitrogens is 1. The van der Waals surface area contributed by atoms with Gasteiger partial charge in [-0.25, -0.2) is 9.78 Å². The molecule has 1 aliphatic rings. The smallest absolute Gasteiger partial charge is 0.317 e. The number of carbonyl (C=O) groups is 1. The third-order valence-corrected chi connectivity index (χ3v) is 5.14. The van der Waals surface area contributed by atoms with Crippen LogP contribution in [0.1, 0.15) is 19.0 Å². The van der Waals surface area contributed by atoms with Crippen molar-refractivity contribution >= 4 is 17.4 Å². The maximum atomic E-state index is 12.2. The molecule has 1 fully saturated rings. The van der Waals surface area contributed by atoms with E-state index in [1.54, 1.807) is 16.2 Å². The van der Waals surface area contributed by atoms with Crippen molar-refractivity contribution in [2.24, 2.45) is 5.92 Å². The fourth-order valence-corrected chi connectivity index (χ4v) is 3.44. The number of thiazole rings is 1. The zero-order valence-electron chi connectivity index (χ0n) is 13.1. The number of aliphatic hydroxyl groups excluding tert-OH is 1. The molecular weight excluding hydrogens is 310 g/mol. The van der Waals surface area contributed by atoms with Crippen molar-refractivity contribution in [2.45, 2.75) is 26.0 Å². The number of β-amino-alcohol motifs (C(OH)–C–C–N with tert-alkyl or cyclic N) is 1. The van der Waals surface area contributed by atoms with Crippen LogP contribution in [0, 0.1) is 5.92 Å². The largest absolute Gasteiger partial charge is 0.391 e. The van der Waals surface area contributed by atoms with Crippen molar-refractivity contribution < 1.29 is 9.90 Å². The summed E-state index contributed by atoms with van der Waals surface area (Å²) in [6.45, 7) is 3.51. The molecule has 0 radical (unpaired) electrons. The average Bonchev–Trinajstić information content (AvgIpc) is 3.05. The molecule has 1 aromatic carbocycles. The molecule has 0 aliphatic carbocycles. The monoisotopic (exact) mass is 331 g/mol. The number of piperidine rings is 1. The van der Waals surface area contributed by atoms with Crippen LogP contribution < -0.4 is 5.32 Å². The molecule has 2 heterocycles. The summed E-state index contributed by atoms with van der Waals surface area (Å²) in [5.74, 6) is 0.256. The molecule has 2 atom stereocenters. The summed E-state index contributed by atoms with van der Waals surface area (Å²) in [7, 11) is 0. The fourth-order valence-electron chi connectivity index (χ4n) is 2.61. The van der Waals surface area contributed by atoms with Crippen molar-refractivity contribution in [3.05, 3.63) is 41.4 Å². The number of urea groups is 1. The van der Waals surface area contributed by atoms with Crippen molar-refractivity contribution in [3.8, 4) is 10.6 Å². The van der Waals surface area contributed by atoms with Crippen molar-refractivity contribution in [2.75, 3.05) is 13.1 Å². The molecule has 1 aromatic heterocycles. The number of rotatable bonds is 3. The lowest BCUT2D eigenvalue weighted by molar-refractivity contribution is 0.0435. The Bertz CT molecular complexity index is 659. The molecule has 6 heteroatoms. The Hall–Kier alpha value is -1.92. The summed E-state index contributed by atoms with van der Waals surface area (Å²) in [6.07, 6.45) is 0.405. The van der Waals surface area contributed by atoms with Crippen LogP contribution in [0.3, 0.4) is 0 Å². The zero-order valence-corrected chi connectivity index (χ0v) is 13.9. The van der Waals surface area contributed by atoms with Crippen molar-refractivity contribution in [3.63, 3.8) is 0 Å². The van der Waals surface area contributed by atoms with Gasteiger partial charge in [0.1, 0.15) is 5.01 Å². The fraction of sp³-hybridized carbons (Fsp3) is 0.412. The van der Waals surface area contributed by atoms with Gasteiger partial charge in [0, 0.05) is 24.0 Å². The summed E-state index contributed by atoms with van der Waals surface area (Å²) in [5.41, 5.74) is 1.94. The van der Waals surface area contributed by atoms with Crippen LogP contribution in [0.5, 0.6) is 0 Å². The van der Waals surface area contributed by atoms with E-state index in [-0.39, 0.29) is 11.9 Å². The number of hydrogen-bond donors (Lipinski definition) is 2. The molecule has 1 aliphatic heterocycles. The first-order chi connectivity index (χ1) is 11.1. The van der Waals surface area contributed by atoms with E-state index in [0.29, 0.717) is 19.6 Å². The normalized spacial score (nSPS) is 21.2. The molecule has 0 bridgehead atoms. The Labute approximate surface area is 140 Å². The SMILES string of the molecule is CC1CCN(C(=O)NCc2csc(-c3ccccc3)n2)CC1O. The van der Waals surface area contributed by atoms with Gasteiger partial charge in [-0.15, -0.1) is 11.3 Å². The number of amides is 2. The van der Waals surface area contributed by atoms with E-state index in [1.165, 1.54) is 0 Å². The summed E-state index contributed by atoms with van der Waals surface area (Å²) < 4.78 is 0. The van der Waals surface area contributed by atoms with Gasteiger partial charge < -0.3 is 15.3 Å². The molecule has 3 rings (SSSR count). The maximum absolute atomic E-state index is 12.2. The molecule has 0 saturated carbocycles. The minimum Gasteiger partial charge on any atom is -0.391 e.